The monoisotopic (exact) mass is 367 g/mol. The van der Waals surface area contributed by atoms with Crippen molar-refractivity contribution >= 4 is 17.6 Å². The number of fused-ring (bicyclic) bond motifs is 1. The maximum Gasteiger partial charge on any atom is 0.416 e. The van der Waals surface area contributed by atoms with Crippen LogP contribution in [0.15, 0.2) is 42.5 Å². The lowest BCUT2D eigenvalue weighted by Gasteiger charge is -2.09. The zero-order chi connectivity index (χ0) is 18.7. The maximum absolute atomic E-state index is 12.6. The minimum Gasteiger partial charge on any atom is -0.454 e. The minimum atomic E-state index is -4.58. The first-order valence-corrected chi connectivity index (χ1v) is 7.37. The molecule has 1 heterocycles. The van der Waals surface area contributed by atoms with Crippen molar-refractivity contribution in [1.82, 2.24) is 0 Å². The van der Waals surface area contributed by atoms with E-state index >= 15 is 0 Å². The molecule has 0 saturated carbocycles. The fourth-order valence-corrected chi connectivity index (χ4v) is 2.21. The Morgan fingerprint density at radius 3 is 2.62 bits per heavy atom. The third-order valence-electron chi connectivity index (χ3n) is 3.42. The quantitative estimate of drug-likeness (QED) is 0.840. The number of ether oxygens (including phenoxy) is 3. The van der Waals surface area contributed by atoms with Gasteiger partial charge in [0, 0.05) is 11.8 Å². The average Bonchev–Trinajstić information content (AvgIpc) is 3.07. The van der Waals surface area contributed by atoms with Crippen molar-refractivity contribution in [2.45, 2.75) is 6.18 Å². The van der Waals surface area contributed by atoms with E-state index in [2.05, 4.69) is 5.32 Å². The van der Waals surface area contributed by atoms with Crippen LogP contribution in [0.3, 0.4) is 0 Å². The number of benzene rings is 2. The molecule has 26 heavy (non-hydrogen) atoms. The third-order valence-corrected chi connectivity index (χ3v) is 3.42. The molecule has 0 fully saturated rings. The van der Waals surface area contributed by atoms with Crippen molar-refractivity contribution in [1.29, 1.82) is 0 Å². The van der Waals surface area contributed by atoms with Crippen LogP contribution < -0.4 is 14.8 Å². The molecule has 1 amide bonds. The molecule has 3 rings (SSSR count). The van der Waals surface area contributed by atoms with Gasteiger partial charge in [0.2, 0.25) is 6.79 Å². The first-order valence-electron chi connectivity index (χ1n) is 7.37. The number of hydrogen-bond acceptors (Lipinski definition) is 5. The van der Waals surface area contributed by atoms with Crippen molar-refractivity contribution in [2.24, 2.45) is 0 Å². The zero-order valence-electron chi connectivity index (χ0n) is 13.1. The predicted octanol–water partition coefficient (Wildman–Crippen LogP) is 3.23. The molecule has 1 aliphatic heterocycles. The molecule has 1 aliphatic rings. The van der Waals surface area contributed by atoms with Crippen molar-refractivity contribution < 1.29 is 37.0 Å². The number of carbonyl (C=O) groups excluding carboxylic acids is 2. The number of alkyl halides is 3. The van der Waals surface area contributed by atoms with Gasteiger partial charge in [-0.05, 0) is 30.3 Å². The van der Waals surface area contributed by atoms with E-state index < -0.39 is 30.2 Å². The molecule has 136 valence electrons. The van der Waals surface area contributed by atoms with E-state index in [1.165, 1.54) is 12.1 Å². The summed E-state index contributed by atoms with van der Waals surface area (Å²) in [6.45, 7) is -0.565. The van der Waals surface area contributed by atoms with Gasteiger partial charge in [0.1, 0.15) is 0 Å². The molecule has 0 aromatic heterocycles. The van der Waals surface area contributed by atoms with Gasteiger partial charge >= 0.3 is 12.1 Å². The van der Waals surface area contributed by atoms with Crippen LogP contribution in [0.4, 0.5) is 18.9 Å². The average molecular weight is 367 g/mol. The van der Waals surface area contributed by atoms with E-state index in [1.54, 1.807) is 12.1 Å². The lowest BCUT2D eigenvalue weighted by Crippen LogP contribution is -2.21. The summed E-state index contributed by atoms with van der Waals surface area (Å²) in [6.07, 6.45) is -4.58. The molecule has 0 aliphatic carbocycles. The predicted molar refractivity (Wildman–Crippen MR) is 82.9 cm³/mol. The third kappa shape index (κ3) is 4.05. The van der Waals surface area contributed by atoms with E-state index in [0.717, 1.165) is 12.1 Å². The molecule has 0 radical (unpaired) electrons. The van der Waals surface area contributed by atoms with Crippen LogP contribution in [0.5, 0.6) is 11.5 Å². The van der Waals surface area contributed by atoms with Gasteiger partial charge in [-0.3, -0.25) is 4.79 Å². The Morgan fingerprint density at radius 2 is 1.85 bits per heavy atom. The van der Waals surface area contributed by atoms with Crippen molar-refractivity contribution in [3.8, 4) is 11.5 Å². The SMILES string of the molecule is O=C(COC(=O)c1cccc(C(F)(F)F)c1)Nc1ccc2c(c1)OCO2. The summed E-state index contributed by atoms with van der Waals surface area (Å²) in [7, 11) is 0. The molecule has 1 N–H and O–H groups in total. The molecule has 0 unspecified atom stereocenters. The summed E-state index contributed by atoms with van der Waals surface area (Å²) in [4.78, 5) is 23.7. The van der Waals surface area contributed by atoms with E-state index in [1.807, 2.05) is 0 Å². The summed E-state index contributed by atoms with van der Waals surface area (Å²) >= 11 is 0. The molecular weight excluding hydrogens is 355 g/mol. The number of hydrogen-bond donors (Lipinski definition) is 1. The number of carbonyl (C=O) groups is 2. The molecule has 2 aromatic carbocycles. The number of esters is 1. The van der Waals surface area contributed by atoms with Crippen LogP contribution in [0.1, 0.15) is 15.9 Å². The van der Waals surface area contributed by atoms with Crippen LogP contribution in [-0.2, 0) is 15.7 Å². The molecule has 2 aromatic rings. The van der Waals surface area contributed by atoms with Gasteiger partial charge in [0.05, 0.1) is 11.1 Å². The molecule has 0 spiro atoms. The van der Waals surface area contributed by atoms with Crippen LogP contribution in [0, 0.1) is 0 Å². The van der Waals surface area contributed by atoms with Gasteiger partial charge in [-0.25, -0.2) is 4.79 Å². The normalized spacial score (nSPS) is 12.6. The Morgan fingerprint density at radius 1 is 1.08 bits per heavy atom. The van der Waals surface area contributed by atoms with Crippen molar-refractivity contribution in [3.05, 3.63) is 53.6 Å². The highest BCUT2D eigenvalue weighted by Crippen LogP contribution is 2.34. The topological polar surface area (TPSA) is 73.9 Å². The van der Waals surface area contributed by atoms with Crippen LogP contribution in [0.2, 0.25) is 0 Å². The zero-order valence-corrected chi connectivity index (χ0v) is 13.1. The first-order chi connectivity index (χ1) is 12.3. The van der Waals surface area contributed by atoms with E-state index in [-0.39, 0.29) is 12.4 Å². The van der Waals surface area contributed by atoms with Gasteiger partial charge in [0.15, 0.2) is 18.1 Å². The highest BCUT2D eigenvalue weighted by Gasteiger charge is 2.31. The fourth-order valence-electron chi connectivity index (χ4n) is 2.21. The van der Waals surface area contributed by atoms with Gasteiger partial charge in [-0.15, -0.1) is 0 Å². The lowest BCUT2D eigenvalue weighted by molar-refractivity contribution is -0.137. The van der Waals surface area contributed by atoms with Gasteiger partial charge in [0.25, 0.3) is 5.91 Å². The van der Waals surface area contributed by atoms with Crippen LogP contribution >= 0.6 is 0 Å². The minimum absolute atomic E-state index is 0.0847. The second kappa shape index (κ2) is 6.95. The molecular formula is C17H12F3NO5. The van der Waals surface area contributed by atoms with E-state index in [0.29, 0.717) is 23.3 Å². The second-order valence-electron chi connectivity index (χ2n) is 5.27. The second-order valence-corrected chi connectivity index (χ2v) is 5.27. The van der Waals surface area contributed by atoms with E-state index in [4.69, 9.17) is 14.2 Å². The summed E-state index contributed by atoms with van der Waals surface area (Å²) in [6, 6.07) is 8.47. The summed E-state index contributed by atoms with van der Waals surface area (Å²) < 4.78 is 53.0. The Labute approximate surface area is 145 Å². The number of halogens is 3. The van der Waals surface area contributed by atoms with Gasteiger partial charge < -0.3 is 19.5 Å². The Bertz CT molecular complexity index is 851. The Hall–Kier alpha value is -3.23. The maximum atomic E-state index is 12.6. The Kier molecular flexibility index (Phi) is 4.70. The summed E-state index contributed by atoms with van der Waals surface area (Å²) in [5.41, 5.74) is -0.873. The van der Waals surface area contributed by atoms with Gasteiger partial charge in [-0.2, -0.15) is 13.2 Å². The molecule has 9 heteroatoms. The summed E-state index contributed by atoms with van der Waals surface area (Å²) in [5, 5.41) is 2.48. The lowest BCUT2D eigenvalue weighted by atomic mass is 10.1. The fraction of sp³-hybridized carbons (Fsp3) is 0.176. The molecule has 0 atom stereocenters. The van der Waals surface area contributed by atoms with E-state index in [9.17, 15) is 22.8 Å². The number of rotatable bonds is 4. The number of nitrogens with one attached hydrogen (secondary N) is 1. The van der Waals surface area contributed by atoms with Crippen molar-refractivity contribution in [2.75, 3.05) is 18.7 Å². The van der Waals surface area contributed by atoms with Crippen molar-refractivity contribution in [3.63, 3.8) is 0 Å². The Balaban J connectivity index is 1.57. The van der Waals surface area contributed by atoms with Crippen LogP contribution in [-0.4, -0.2) is 25.3 Å². The number of anilines is 1. The largest absolute Gasteiger partial charge is 0.454 e. The molecule has 6 nitrogen and oxygen atoms in total. The standard InChI is InChI=1S/C17H12F3NO5/c18-17(19,20)11-3-1-2-10(6-11)16(23)24-8-15(22)21-12-4-5-13-14(7-12)26-9-25-13/h1-7H,8-9H2,(H,21,22). The molecule has 0 saturated heterocycles. The van der Waals surface area contributed by atoms with Crippen LogP contribution in [0.25, 0.3) is 0 Å². The summed E-state index contributed by atoms with van der Waals surface area (Å²) in [5.74, 6) is -0.677. The highest BCUT2D eigenvalue weighted by atomic mass is 19.4. The van der Waals surface area contributed by atoms with Gasteiger partial charge in [-0.1, -0.05) is 6.07 Å². The molecule has 0 bridgehead atoms. The highest BCUT2D eigenvalue weighted by molar-refractivity contribution is 5.95. The first kappa shape index (κ1) is 17.6. The number of amides is 1. The smallest absolute Gasteiger partial charge is 0.416 e.